The summed E-state index contributed by atoms with van der Waals surface area (Å²) in [6.07, 6.45) is 1.88. The van der Waals surface area contributed by atoms with Gasteiger partial charge < -0.3 is 15.0 Å². The number of ether oxygens (including phenoxy) is 1. The van der Waals surface area contributed by atoms with Crippen molar-refractivity contribution >= 4 is 29.3 Å². The maximum Gasteiger partial charge on any atom is 0.277 e. The first kappa shape index (κ1) is 22.7. The molecule has 36 heavy (non-hydrogen) atoms. The standard InChI is InChI=1S/C24H19N7O5/c1-36-20-6-3-15(8-14(20)10-25)26-22(33)18-12-31(29-28-18)16-4-2-13-11-30(24(35)17(13)9-16)19-5-7-21(32)27-23(19)34/h2-4,6,8-9,12,19H,5,7,11H2,1H3,(H,26,33)(H,27,32,34). The van der Waals surface area contributed by atoms with E-state index in [1.165, 1.54) is 29.0 Å². The number of carbonyl (C=O) groups is 4. The van der Waals surface area contributed by atoms with E-state index in [9.17, 15) is 24.4 Å². The summed E-state index contributed by atoms with van der Waals surface area (Å²) in [6, 6.07) is 11.1. The third kappa shape index (κ3) is 4.03. The maximum atomic E-state index is 13.0. The molecule has 2 aliphatic rings. The van der Waals surface area contributed by atoms with E-state index < -0.39 is 17.9 Å². The van der Waals surface area contributed by atoms with Crippen molar-refractivity contribution in [1.82, 2.24) is 25.2 Å². The number of hydrogen-bond acceptors (Lipinski definition) is 8. The number of hydrogen-bond donors (Lipinski definition) is 2. The minimum atomic E-state index is -0.702. The number of anilines is 1. The van der Waals surface area contributed by atoms with Crippen LogP contribution in [-0.4, -0.2) is 56.7 Å². The molecule has 2 N–H and O–H groups in total. The summed E-state index contributed by atoms with van der Waals surface area (Å²) in [6.45, 7) is 0.262. The SMILES string of the molecule is COc1ccc(NC(=O)c2cn(-c3ccc4c(c3)C(=O)N(C3CCC(=O)NC3=O)C4)nn2)cc1C#N. The van der Waals surface area contributed by atoms with Crippen molar-refractivity contribution in [2.45, 2.75) is 25.4 Å². The smallest absolute Gasteiger partial charge is 0.277 e. The van der Waals surface area contributed by atoms with Gasteiger partial charge in [0.05, 0.1) is 24.6 Å². The fourth-order valence-electron chi connectivity index (χ4n) is 4.25. The van der Waals surface area contributed by atoms with Crippen LogP contribution in [0.2, 0.25) is 0 Å². The molecule has 0 bridgehead atoms. The van der Waals surface area contributed by atoms with Crippen LogP contribution in [0.15, 0.2) is 42.6 Å². The van der Waals surface area contributed by atoms with Crippen molar-refractivity contribution in [3.05, 3.63) is 65.0 Å². The monoisotopic (exact) mass is 485 g/mol. The average Bonchev–Trinajstić information content (AvgIpc) is 3.49. The normalized spacial score (nSPS) is 16.8. The molecule has 1 unspecified atom stereocenters. The number of methoxy groups -OCH3 is 1. The zero-order valence-electron chi connectivity index (χ0n) is 19.0. The number of nitrogens with zero attached hydrogens (tertiary/aromatic N) is 5. The number of piperidine rings is 1. The lowest BCUT2D eigenvalue weighted by molar-refractivity contribution is -0.136. The van der Waals surface area contributed by atoms with Gasteiger partial charge in [0, 0.05) is 24.2 Å². The first-order valence-corrected chi connectivity index (χ1v) is 11.0. The molecule has 3 heterocycles. The van der Waals surface area contributed by atoms with Crippen molar-refractivity contribution in [3.8, 4) is 17.5 Å². The molecule has 12 nitrogen and oxygen atoms in total. The Bertz CT molecular complexity index is 1470. The van der Waals surface area contributed by atoms with Crippen LogP contribution in [0.3, 0.4) is 0 Å². The van der Waals surface area contributed by atoms with Crippen LogP contribution in [0.1, 0.15) is 44.8 Å². The predicted molar refractivity (Wildman–Crippen MR) is 123 cm³/mol. The Labute approximate surface area is 204 Å². The number of nitrogens with one attached hydrogen (secondary N) is 2. The molecule has 0 spiro atoms. The quantitative estimate of drug-likeness (QED) is 0.509. The highest BCUT2D eigenvalue weighted by Gasteiger charge is 2.39. The number of carbonyl (C=O) groups excluding carboxylic acids is 4. The number of amides is 4. The van der Waals surface area contributed by atoms with E-state index in [4.69, 9.17) is 4.74 Å². The zero-order valence-corrected chi connectivity index (χ0v) is 19.0. The molecule has 12 heteroatoms. The minimum Gasteiger partial charge on any atom is -0.495 e. The largest absolute Gasteiger partial charge is 0.495 e. The fourth-order valence-corrected chi connectivity index (χ4v) is 4.25. The Morgan fingerprint density at radius 2 is 2.06 bits per heavy atom. The molecule has 0 saturated carbocycles. The van der Waals surface area contributed by atoms with Crippen LogP contribution in [0, 0.1) is 11.3 Å². The summed E-state index contributed by atoms with van der Waals surface area (Å²) < 4.78 is 6.47. The van der Waals surface area contributed by atoms with Crippen LogP contribution in [0.5, 0.6) is 5.75 Å². The van der Waals surface area contributed by atoms with E-state index in [-0.39, 0.29) is 42.5 Å². The van der Waals surface area contributed by atoms with E-state index in [0.29, 0.717) is 22.7 Å². The lowest BCUT2D eigenvalue weighted by Gasteiger charge is -2.29. The summed E-state index contributed by atoms with van der Waals surface area (Å²) in [5.74, 6) is -1.27. The van der Waals surface area contributed by atoms with E-state index >= 15 is 0 Å². The van der Waals surface area contributed by atoms with Crippen molar-refractivity contribution in [2.75, 3.05) is 12.4 Å². The van der Waals surface area contributed by atoms with Gasteiger partial charge >= 0.3 is 0 Å². The Balaban J connectivity index is 1.32. The van der Waals surface area contributed by atoms with Gasteiger partial charge in [-0.25, -0.2) is 4.68 Å². The lowest BCUT2D eigenvalue weighted by Crippen LogP contribution is -2.52. The molecule has 4 amide bonds. The van der Waals surface area contributed by atoms with Crippen LogP contribution < -0.4 is 15.4 Å². The Morgan fingerprint density at radius 1 is 1.22 bits per heavy atom. The second-order valence-corrected chi connectivity index (χ2v) is 8.27. The number of imide groups is 1. The highest BCUT2D eigenvalue weighted by atomic mass is 16.5. The molecule has 2 aromatic carbocycles. The summed E-state index contributed by atoms with van der Waals surface area (Å²) >= 11 is 0. The Kier molecular flexibility index (Phi) is 5.65. The summed E-state index contributed by atoms with van der Waals surface area (Å²) in [5, 5.41) is 22.1. The van der Waals surface area contributed by atoms with E-state index in [1.54, 1.807) is 30.3 Å². The highest BCUT2D eigenvalue weighted by Crippen LogP contribution is 2.29. The maximum absolute atomic E-state index is 13.0. The predicted octanol–water partition coefficient (Wildman–Crippen LogP) is 1.16. The summed E-state index contributed by atoms with van der Waals surface area (Å²) in [5.41, 5.74) is 2.37. The third-order valence-corrected chi connectivity index (χ3v) is 6.08. The fraction of sp³-hybridized carbons (Fsp3) is 0.208. The molecule has 0 aliphatic carbocycles. The van der Waals surface area contributed by atoms with E-state index in [0.717, 1.165) is 5.56 Å². The molecular weight excluding hydrogens is 466 g/mol. The summed E-state index contributed by atoms with van der Waals surface area (Å²) in [7, 11) is 1.45. The average molecular weight is 485 g/mol. The number of benzene rings is 2. The van der Waals surface area contributed by atoms with Gasteiger partial charge in [-0.05, 0) is 42.3 Å². The van der Waals surface area contributed by atoms with Crippen molar-refractivity contribution in [2.24, 2.45) is 0 Å². The van der Waals surface area contributed by atoms with Crippen molar-refractivity contribution in [1.29, 1.82) is 5.26 Å². The molecule has 0 radical (unpaired) electrons. The second-order valence-electron chi connectivity index (χ2n) is 8.27. The van der Waals surface area contributed by atoms with Crippen LogP contribution in [0.25, 0.3) is 5.69 Å². The first-order chi connectivity index (χ1) is 17.4. The molecule has 1 atom stereocenters. The lowest BCUT2D eigenvalue weighted by atomic mass is 10.0. The number of aromatic nitrogens is 3. The zero-order chi connectivity index (χ0) is 25.4. The number of nitriles is 1. The molecular formula is C24H19N7O5. The first-order valence-electron chi connectivity index (χ1n) is 11.0. The van der Waals surface area contributed by atoms with Gasteiger partial charge in [0.2, 0.25) is 11.8 Å². The van der Waals surface area contributed by atoms with Gasteiger partial charge in [0.15, 0.2) is 5.69 Å². The van der Waals surface area contributed by atoms with Gasteiger partial charge in [0.1, 0.15) is 17.9 Å². The van der Waals surface area contributed by atoms with Crippen LogP contribution in [0.4, 0.5) is 5.69 Å². The van der Waals surface area contributed by atoms with Gasteiger partial charge in [-0.1, -0.05) is 11.3 Å². The second kappa shape index (κ2) is 8.95. The van der Waals surface area contributed by atoms with Crippen LogP contribution in [-0.2, 0) is 16.1 Å². The van der Waals surface area contributed by atoms with Gasteiger partial charge in [-0.3, -0.25) is 24.5 Å². The Hall–Kier alpha value is -5.05. The van der Waals surface area contributed by atoms with Gasteiger partial charge in [0.25, 0.3) is 11.8 Å². The number of rotatable bonds is 5. The summed E-state index contributed by atoms with van der Waals surface area (Å²) in [4.78, 5) is 50.8. The molecule has 2 aliphatic heterocycles. The molecule has 1 aromatic heterocycles. The van der Waals surface area contributed by atoms with Crippen molar-refractivity contribution in [3.63, 3.8) is 0 Å². The molecule has 180 valence electrons. The number of fused-ring (bicyclic) bond motifs is 1. The molecule has 3 aromatic rings. The highest BCUT2D eigenvalue weighted by molar-refractivity contribution is 6.05. The van der Waals surface area contributed by atoms with Crippen LogP contribution >= 0.6 is 0 Å². The third-order valence-electron chi connectivity index (χ3n) is 6.08. The molecule has 5 rings (SSSR count). The Morgan fingerprint density at radius 3 is 2.81 bits per heavy atom. The molecule has 1 saturated heterocycles. The van der Waals surface area contributed by atoms with Crippen molar-refractivity contribution < 1.29 is 23.9 Å². The van der Waals surface area contributed by atoms with E-state index in [1.807, 2.05) is 6.07 Å². The molecule has 1 fully saturated rings. The topological polar surface area (TPSA) is 159 Å². The van der Waals surface area contributed by atoms with Gasteiger partial charge in [-0.2, -0.15) is 5.26 Å². The van der Waals surface area contributed by atoms with Gasteiger partial charge in [-0.15, -0.1) is 5.10 Å². The minimum absolute atomic E-state index is 0.0290. The van der Waals surface area contributed by atoms with E-state index in [2.05, 4.69) is 20.9 Å².